The first-order chi connectivity index (χ1) is 18.3. The van der Waals surface area contributed by atoms with Crippen molar-refractivity contribution in [1.82, 2.24) is 19.3 Å². The van der Waals surface area contributed by atoms with E-state index in [0.29, 0.717) is 34.1 Å². The van der Waals surface area contributed by atoms with Gasteiger partial charge < -0.3 is 4.57 Å². The third-order valence-electron chi connectivity index (χ3n) is 5.98. The summed E-state index contributed by atoms with van der Waals surface area (Å²) in [6.45, 7) is 2.22. The average molecular weight is 543 g/mol. The van der Waals surface area contributed by atoms with Crippen molar-refractivity contribution in [3.63, 3.8) is 0 Å². The molecule has 5 aromatic rings. The molecule has 2 heterocycles. The van der Waals surface area contributed by atoms with Crippen molar-refractivity contribution in [3.05, 3.63) is 124 Å². The number of hydrogen-bond acceptors (Lipinski definition) is 5. The van der Waals surface area contributed by atoms with Gasteiger partial charge in [-0.1, -0.05) is 84.4 Å². The van der Waals surface area contributed by atoms with Gasteiger partial charge in [0.2, 0.25) is 0 Å². The standard InChI is InChI=1S/C29H23ClN4O3S/c1-20-31-26-14-15-27(29(35)33-38(36,37)17-16-21-8-4-2-5-9-21)32-28(26)34(20)19-24-13-12-23(18-25(24)30)22-10-6-3-7-11-22/h2-18H,19H2,1H3,(H,33,35)/b17-16+. The van der Waals surface area contributed by atoms with Crippen LogP contribution in [0.4, 0.5) is 0 Å². The van der Waals surface area contributed by atoms with Gasteiger partial charge in [-0.05, 0) is 53.5 Å². The lowest BCUT2D eigenvalue weighted by Gasteiger charge is -2.11. The minimum Gasteiger partial charge on any atom is -0.308 e. The molecule has 9 heteroatoms. The zero-order valence-corrected chi connectivity index (χ0v) is 21.9. The van der Waals surface area contributed by atoms with Gasteiger partial charge in [0.25, 0.3) is 15.9 Å². The lowest BCUT2D eigenvalue weighted by molar-refractivity contribution is 0.0977. The van der Waals surface area contributed by atoms with Crippen LogP contribution in [0.3, 0.4) is 0 Å². The number of carbonyl (C=O) groups excluding carboxylic acids is 1. The average Bonchev–Trinajstić information content (AvgIpc) is 3.23. The molecule has 0 aliphatic carbocycles. The van der Waals surface area contributed by atoms with E-state index in [1.807, 2.05) is 70.8 Å². The van der Waals surface area contributed by atoms with E-state index in [1.54, 1.807) is 30.3 Å². The molecule has 38 heavy (non-hydrogen) atoms. The lowest BCUT2D eigenvalue weighted by Crippen LogP contribution is -2.29. The SMILES string of the molecule is Cc1nc2ccc(C(=O)NS(=O)(=O)/C=C/c3ccccc3)nc2n1Cc1ccc(-c2ccccc2)cc1Cl. The van der Waals surface area contributed by atoms with Crippen molar-refractivity contribution in [2.45, 2.75) is 13.5 Å². The second kappa shape index (κ2) is 10.6. The molecule has 7 nitrogen and oxygen atoms in total. The van der Waals surface area contributed by atoms with Crippen LogP contribution in [0.25, 0.3) is 28.4 Å². The van der Waals surface area contributed by atoms with E-state index in [-0.39, 0.29) is 5.69 Å². The zero-order chi connectivity index (χ0) is 26.7. The van der Waals surface area contributed by atoms with Crippen molar-refractivity contribution >= 4 is 44.8 Å². The molecular weight excluding hydrogens is 520 g/mol. The second-order valence-corrected chi connectivity index (χ2v) is 10.6. The van der Waals surface area contributed by atoms with Gasteiger partial charge in [-0.25, -0.2) is 23.1 Å². The van der Waals surface area contributed by atoms with E-state index in [9.17, 15) is 13.2 Å². The molecule has 0 saturated carbocycles. The summed E-state index contributed by atoms with van der Waals surface area (Å²) < 4.78 is 28.8. The molecule has 0 fully saturated rings. The first-order valence-electron chi connectivity index (χ1n) is 11.8. The van der Waals surface area contributed by atoms with Crippen molar-refractivity contribution in [3.8, 4) is 11.1 Å². The number of halogens is 1. The number of rotatable bonds is 7. The third-order valence-corrected chi connectivity index (χ3v) is 7.29. The highest BCUT2D eigenvalue weighted by molar-refractivity contribution is 7.93. The Balaban J connectivity index is 1.39. The van der Waals surface area contributed by atoms with E-state index in [0.717, 1.165) is 22.1 Å². The maximum absolute atomic E-state index is 12.8. The van der Waals surface area contributed by atoms with Crippen LogP contribution in [0.15, 0.2) is 96.4 Å². The highest BCUT2D eigenvalue weighted by atomic mass is 35.5. The Morgan fingerprint density at radius 1 is 0.921 bits per heavy atom. The Morgan fingerprint density at radius 2 is 1.63 bits per heavy atom. The molecule has 190 valence electrons. The fourth-order valence-electron chi connectivity index (χ4n) is 4.03. The Bertz CT molecular complexity index is 1770. The number of aryl methyl sites for hydroxylation is 1. The van der Waals surface area contributed by atoms with Crippen LogP contribution in [0.1, 0.15) is 27.4 Å². The fraction of sp³-hybridized carbons (Fsp3) is 0.0690. The van der Waals surface area contributed by atoms with E-state index >= 15 is 0 Å². The number of hydrogen-bond donors (Lipinski definition) is 1. The minimum atomic E-state index is -4.03. The van der Waals surface area contributed by atoms with Gasteiger partial charge in [0, 0.05) is 5.02 Å². The maximum atomic E-state index is 12.8. The van der Waals surface area contributed by atoms with Gasteiger partial charge in [-0.2, -0.15) is 0 Å². The number of benzene rings is 3. The van der Waals surface area contributed by atoms with Crippen LogP contribution in [0.5, 0.6) is 0 Å². The van der Waals surface area contributed by atoms with Gasteiger partial charge in [0.1, 0.15) is 17.0 Å². The predicted octanol–water partition coefficient (Wildman–Crippen LogP) is 5.84. The van der Waals surface area contributed by atoms with E-state index in [4.69, 9.17) is 11.6 Å². The monoisotopic (exact) mass is 542 g/mol. The molecule has 5 rings (SSSR count). The summed E-state index contributed by atoms with van der Waals surface area (Å²) in [6.07, 6.45) is 1.41. The summed E-state index contributed by atoms with van der Waals surface area (Å²) in [5.41, 5.74) is 4.63. The van der Waals surface area contributed by atoms with Crippen molar-refractivity contribution < 1.29 is 13.2 Å². The number of nitrogens with one attached hydrogen (secondary N) is 1. The summed E-state index contributed by atoms with van der Waals surface area (Å²) in [4.78, 5) is 21.8. The van der Waals surface area contributed by atoms with Crippen LogP contribution in [0.2, 0.25) is 5.02 Å². The molecule has 0 aliphatic rings. The molecule has 0 saturated heterocycles. The summed E-state index contributed by atoms with van der Waals surface area (Å²) in [5.74, 6) is -0.146. The zero-order valence-electron chi connectivity index (χ0n) is 20.4. The summed E-state index contributed by atoms with van der Waals surface area (Å²) >= 11 is 6.64. The Labute approximate surface area is 225 Å². The Hall–Kier alpha value is -4.27. The molecule has 0 radical (unpaired) electrons. The molecule has 0 bridgehead atoms. The first kappa shape index (κ1) is 25.4. The summed E-state index contributed by atoms with van der Waals surface area (Å²) in [7, 11) is -4.03. The van der Waals surface area contributed by atoms with Crippen LogP contribution < -0.4 is 4.72 Å². The van der Waals surface area contributed by atoms with Gasteiger partial charge in [-0.3, -0.25) is 4.79 Å². The van der Waals surface area contributed by atoms with Gasteiger partial charge in [0.15, 0.2) is 5.65 Å². The van der Waals surface area contributed by atoms with E-state index in [1.165, 1.54) is 12.1 Å². The molecular formula is C29H23ClN4O3S. The Kier molecular flexibility index (Phi) is 7.09. The summed E-state index contributed by atoms with van der Waals surface area (Å²) in [5, 5.41) is 1.55. The van der Waals surface area contributed by atoms with Crippen LogP contribution in [-0.4, -0.2) is 28.9 Å². The number of fused-ring (bicyclic) bond motifs is 1. The molecule has 2 aromatic heterocycles. The second-order valence-electron chi connectivity index (χ2n) is 8.65. The van der Waals surface area contributed by atoms with E-state index < -0.39 is 15.9 Å². The number of pyridine rings is 1. The smallest absolute Gasteiger partial charge is 0.283 e. The third kappa shape index (κ3) is 5.66. The highest BCUT2D eigenvalue weighted by Gasteiger charge is 2.18. The topological polar surface area (TPSA) is 93.9 Å². The first-order valence-corrected chi connectivity index (χ1v) is 13.7. The van der Waals surface area contributed by atoms with Gasteiger partial charge >= 0.3 is 0 Å². The number of nitrogens with zero attached hydrogens (tertiary/aromatic N) is 3. The molecule has 0 spiro atoms. The Morgan fingerprint density at radius 3 is 2.34 bits per heavy atom. The largest absolute Gasteiger partial charge is 0.308 e. The normalized spacial score (nSPS) is 11.7. The molecule has 1 amide bonds. The summed E-state index contributed by atoms with van der Waals surface area (Å²) in [6, 6.07) is 27.9. The van der Waals surface area contributed by atoms with Crippen molar-refractivity contribution in [2.24, 2.45) is 0 Å². The molecule has 1 N–H and O–H groups in total. The quantitative estimate of drug-likeness (QED) is 0.279. The lowest BCUT2D eigenvalue weighted by atomic mass is 10.0. The van der Waals surface area contributed by atoms with Gasteiger partial charge in [-0.15, -0.1) is 0 Å². The molecule has 0 atom stereocenters. The van der Waals surface area contributed by atoms with E-state index in [2.05, 4.69) is 9.97 Å². The molecule has 0 aliphatic heterocycles. The number of amides is 1. The molecule has 0 unspecified atom stereocenters. The number of carbonyl (C=O) groups is 1. The van der Waals surface area contributed by atoms with Crippen molar-refractivity contribution in [1.29, 1.82) is 0 Å². The maximum Gasteiger partial charge on any atom is 0.283 e. The fourth-order valence-corrected chi connectivity index (χ4v) is 5.04. The molecule has 3 aromatic carbocycles. The number of imidazole rings is 1. The van der Waals surface area contributed by atoms with Crippen LogP contribution >= 0.6 is 11.6 Å². The van der Waals surface area contributed by atoms with Crippen LogP contribution in [-0.2, 0) is 16.6 Å². The van der Waals surface area contributed by atoms with Gasteiger partial charge in [0.05, 0.1) is 12.0 Å². The van der Waals surface area contributed by atoms with Crippen LogP contribution in [0, 0.1) is 6.92 Å². The predicted molar refractivity (Wildman–Crippen MR) is 150 cm³/mol. The minimum absolute atomic E-state index is 0.0409. The number of aromatic nitrogens is 3. The number of sulfonamides is 1. The highest BCUT2D eigenvalue weighted by Crippen LogP contribution is 2.27. The van der Waals surface area contributed by atoms with Crippen molar-refractivity contribution in [2.75, 3.05) is 0 Å².